The summed E-state index contributed by atoms with van der Waals surface area (Å²) in [6.07, 6.45) is 0.877. The van der Waals surface area contributed by atoms with Gasteiger partial charge in [-0.05, 0) is 78.7 Å². The number of hydrogen-bond acceptors (Lipinski definition) is 5. The van der Waals surface area contributed by atoms with E-state index in [1.807, 2.05) is 30.3 Å². The minimum atomic E-state index is -0.534. The SMILES string of the molecule is COc1ccc2cc3c(nc2c1)N(c1ccc(C(=O)NNC(=O)c2ccc(F)cc2)cc1)CC3. The maximum Gasteiger partial charge on any atom is 0.269 e. The summed E-state index contributed by atoms with van der Waals surface area (Å²) in [6, 6.07) is 20.1. The summed E-state index contributed by atoms with van der Waals surface area (Å²) in [5, 5.41) is 1.07. The largest absolute Gasteiger partial charge is 0.497 e. The van der Waals surface area contributed by atoms with E-state index in [-0.39, 0.29) is 5.56 Å². The lowest BCUT2D eigenvalue weighted by molar-refractivity contribution is 0.0846. The van der Waals surface area contributed by atoms with Crippen molar-refractivity contribution in [1.82, 2.24) is 15.8 Å². The van der Waals surface area contributed by atoms with Gasteiger partial charge in [-0.25, -0.2) is 9.37 Å². The van der Waals surface area contributed by atoms with Gasteiger partial charge in [0.1, 0.15) is 17.4 Å². The fraction of sp³-hybridized carbons (Fsp3) is 0.115. The van der Waals surface area contributed by atoms with Crippen LogP contribution in [0.15, 0.2) is 72.8 Å². The van der Waals surface area contributed by atoms with Gasteiger partial charge in [-0.15, -0.1) is 0 Å². The summed E-state index contributed by atoms with van der Waals surface area (Å²) in [5.41, 5.74) is 8.28. The summed E-state index contributed by atoms with van der Waals surface area (Å²) in [5.74, 6) is 0.217. The number of nitrogens with zero attached hydrogens (tertiary/aromatic N) is 2. The number of benzene rings is 3. The second kappa shape index (κ2) is 8.82. The van der Waals surface area contributed by atoms with E-state index in [9.17, 15) is 14.0 Å². The maximum absolute atomic E-state index is 13.0. The van der Waals surface area contributed by atoms with Gasteiger partial charge in [0.15, 0.2) is 0 Å². The molecule has 1 aromatic heterocycles. The fourth-order valence-corrected chi connectivity index (χ4v) is 3.97. The Balaban J connectivity index is 1.29. The number of halogens is 1. The molecule has 0 saturated carbocycles. The Bertz CT molecular complexity index is 1390. The molecule has 4 aromatic rings. The van der Waals surface area contributed by atoms with E-state index in [4.69, 9.17) is 9.72 Å². The first-order valence-corrected chi connectivity index (χ1v) is 10.7. The van der Waals surface area contributed by atoms with Gasteiger partial charge in [0.25, 0.3) is 11.8 Å². The lowest BCUT2D eigenvalue weighted by Gasteiger charge is -2.19. The normalized spacial score (nSPS) is 12.4. The van der Waals surface area contributed by atoms with Crippen molar-refractivity contribution in [2.75, 3.05) is 18.6 Å². The number of anilines is 2. The van der Waals surface area contributed by atoms with Crippen molar-refractivity contribution in [3.05, 3.63) is 95.3 Å². The molecule has 0 bridgehead atoms. The number of methoxy groups -OCH3 is 1. The van der Waals surface area contributed by atoms with Crippen molar-refractivity contribution in [3.8, 4) is 5.75 Å². The van der Waals surface area contributed by atoms with Crippen LogP contribution in [0.25, 0.3) is 10.9 Å². The fourth-order valence-electron chi connectivity index (χ4n) is 3.97. The van der Waals surface area contributed by atoms with E-state index < -0.39 is 17.6 Å². The zero-order chi connectivity index (χ0) is 23.7. The highest BCUT2D eigenvalue weighted by molar-refractivity contribution is 5.99. The van der Waals surface area contributed by atoms with Gasteiger partial charge in [0, 0.05) is 34.8 Å². The van der Waals surface area contributed by atoms with Gasteiger partial charge in [0.2, 0.25) is 0 Å². The van der Waals surface area contributed by atoms with Crippen LogP contribution in [0, 0.1) is 5.82 Å². The van der Waals surface area contributed by atoms with Crippen LogP contribution in [0.4, 0.5) is 15.9 Å². The standard InChI is InChI=1S/C26H21FN4O3/c1-34-22-11-6-18-14-19-12-13-31(24(19)28-23(18)15-22)21-9-4-17(5-10-21)26(33)30-29-25(32)16-2-7-20(27)8-3-16/h2-11,14-15H,12-13H2,1H3,(H,29,32)(H,30,33). The van der Waals surface area contributed by atoms with Crippen LogP contribution in [-0.4, -0.2) is 30.5 Å². The van der Waals surface area contributed by atoms with Crippen molar-refractivity contribution in [2.45, 2.75) is 6.42 Å². The van der Waals surface area contributed by atoms with E-state index in [1.165, 1.54) is 29.8 Å². The zero-order valence-corrected chi connectivity index (χ0v) is 18.3. The highest BCUT2D eigenvalue weighted by Crippen LogP contribution is 2.35. The maximum atomic E-state index is 13.0. The van der Waals surface area contributed by atoms with Gasteiger partial charge in [-0.3, -0.25) is 20.4 Å². The molecule has 2 amide bonds. The molecule has 0 unspecified atom stereocenters. The van der Waals surface area contributed by atoms with E-state index in [1.54, 1.807) is 19.2 Å². The highest BCUT2D eigenvalue weighted by atomic mass is 19.1. The minimum Gasteiger partial charge on any atom is -0.497 e. The predicted molar refractivity (Wildman–Crippen MR) is 127 cm³/mol. The zero-order valence-electron chi connectivity index (χ0n) is 18.3. The van der Waals surface area contributed by atoms with Crippen molar-refractivity contribution >= 4 is 34.2 Å². The number of rotatable bonds is 4. The molecule has 5 rings (SSSR count). The Hall–Kier alpha value is -4.46. The molecule has 7 nitrogen and oxygen atoms in total. The second-order valence-corrected chi connectivity index (χ2v) is 7.89. The second-order valence-electron chi connectivity index (χ2n) is 7.89. The number of ether oxygens (including phenoxy) is 1. The summed E-state index contributed by atoms with van der Waals surface area (Å²) in [6.45, 7) is 0.787. The molecule has 2 N–H and O–H groups in total. The van der Waals surface area contributed by atoms with Crippen molar-refractivity contribution in [2.24, 2.45) is 0 Å². The summed E-state index contributed by atoms with van der Waals surface area (Å²) in [7, 11) is 1.63. The van der Waals surface area contributed by atoms with Crippen LogP contribution < -0.4 is 20.5 Å². The van der Waals surface area contributed by atoms with E-state index >= 15 is 0 Å². The number of amides is 2. The Morgan fingerprint density at radius 2 is 1.56 bits per heavy atom. The van der Waals surface area contributed by atoms with E-state index in [2.05, 4.69) is 21.8 Å². The number of aromatic nitrogens is 1. The lowest BCUT2D eigenvalue weighted by Crippen LogP contribution is -2.41. The number of carbonyl (C=O) groups is 2. The summed E-state index contributed by atoms with van der Waals surface area (Å²) < 4.78 is 18.3. The third-order valence-corrected chi connectivity index (χ3v) is 5.78. The quantitative estimate of drug-likeness (QED) is 0.451. The number of hydrazine groups is 1. The first-order valence-electron chi connectivity index (χ1n) is 10.7. The molecule has 2 heterocycles. The smallest absolute Gasteiger partial charge is 0.269 e. The van der Waals surface area contributed by atoms with Crippen LogP contribution in [0.5, 0.6) is 5.75 Å². The Morgan fingerprint density at radius 1 is 0.912 bits per heavy atom. The van der Waals surface area contributed by atoms with Crippen molar-refractivity contribution in [1.29, 1.82) is 0 Å². The Morgan fingerprint density at radius 3 is 2.21 bits per heavy atom. The molecule has 0 atom stereocenters. The Kier molecular flexibility index (Phi) is 5.55. The number of nitrogens with one attached hydrogen (secondary N) is 2. The molecule has 8 heteroatoms. The molecule has 170 valence electrons. The highest BCUT2D eigenvalue weighted by Gasteiger charge is 2.23. The van der Waals surface area contributed by atoms with Gasteiger partial charge >= 0.3 is 0 Å². The third-order valence-electron chi connectivity index (χ3n) is 5.78. The molecule has 34 heavy (non-hydrogen) atoms. The van der Waals surface area contributed by atoms with Crippen molar-refractivity contribution < 1.29 is 18.7 Å². The van der Waals surface area contributed by atoms with Crippen molar-refractivity contribution in [3.63, 3.8) is 0 Å². The average Bonchev–Trinajstić information content (AvgIpc) is 3.28. The van der Waals surface area contributed by atoms with Gasteiger partial charge in [-0.2, -0.15) is 0 Å². The lowest BCUT2D eigenvalue weighted by atomic mass is 10.1. The minimum absolute atomic E-state index is 0.238. The number of carbonyl (C=O) groups excluding carboxylic acids is 2. The Labute approximate surface area is 195 Å². The van der Waals surface area contributed by atoms with Gasteiger partial charge in [0.05, 0.1) is 12.6 Å². The van der Waals surface area contributed by atoms with Gasteiger partial charge in [-0.1, -0.05) is 0 Å². The van der Waals surface area contributed by atoms with Crippen LogP contribution >= 0.6 is 0 Å². The molecule has 0 saturated heterocycles. The van der Waals surface area contributed by atoms with Crippen LogP contribution in [0.2, 0.25) is 0 Å². The molecule has 3 aromatic carbocycles. The van der Waals surface area contributed by atoms with Crippen LogP contribution in [0.1, 0.15) is 26.3 Å². The molecule has 0 radical (unpaired) electrons. The number of pyridine rings is 1. The first-order chi connectivity index (χ1) is 16.5. The molecule has 0 aliphatic carbocycles. The van der Waals surface area contributed by atoms with Crippen LogP contribution in [-0.2, 0) is 6.42 Å². The topological polar surface area (TPSA) is 83.6 Å². The van der Waals surface area contributed by atoms with E-state index in [0.717, 1.165) is 41.1 Å². The third kappa shape index (κ3) is 4.13. The summed E-state index contributed by atoms with van der Waals surface area (Å²) >= 11 is 0. The number of fused-ring (bicyclic) bond motifs is 2. The van der Waals surface area contributed by atoms with E-state index in [0.29, 0.717) is 5.56 Å². The predicted octanol–water partition coefficient (Wildman–Crippen LogP) is 4.15. The van der Waals surface area contributed by atoms with Crippen LogP contribution in [0.3, 0.4) is 0 Å². The molecule has 1 aliphatic rings. The molecule has 1 aliphatic heterocycles. The first kappa shape index (κ1) is 21.4. The van der Waals surface area contributed by atoms with Gasteiger partial charge < -0.3 is 9.64 Å². The number of hydrogen-bond donors (Lipinski definition) is 2. The average molecular weight is 456 g/mol. The summed E-state index contributed by atoms with van der Waals surface area (Å²) in [4.78, 5) is 31.5. The molecule has 0 spiro atoms. The molecular weight excluding hydrogens is 435 g/mol. The molecule has 0 fully saturated rings. The molecular formula is C26H21FN4O3. The monoisotopic (exact) mass is 456 g/mol.